The van der Waals surface area contributed by atoms with Crippen molar-refractivity contribution in [3.63, 3.8) is 0 Å². The highest BCUT2D eigenvalue weighted by atomic mass is 35.5. The van der Waals surface area contributed by atoms with Crippen LogP contribution in [0.4, 0.5) is 5.69 Å². The fourth-order valence-corrected chi connectivity index (χ4v) is 2.30. The molecular weight excluding hydrogens is 344 g/mol. The van der Waals surface area contributed by atoms with E-state index in [2.05, 4.69) is 10.6 Å². The van der Waals surface area contributed by atoms with Crippen LogP contribution in [0.15, 0.2) is 48.5 Å². The Morgan fingerprint density at radius 1 is 1.25 bits per heavy atom. The Labute approximate surface area is 152 Å². The van der Waals surface area contributed by atoms with Crippen LogP contribution in [0.3, 0.4) is 0 Å². The van der Waals surface area contributed by atoms with E-state index >= 15 is 0 Å². The maximum Gasteiger partial charge on any atom is 0.257 e. The number of halogens is 1. The van der Waals surface area contributed by atoms with Gasteiger partial charge in [-0.05, 0) is 55.9 Å². The first kappa shape index (κ1) is 18.2. The highest BCUT2D eigenvalue weighted by molar-refractivity contribution is 7.80. The van der Waals surface area contributed by atoms with Gasteiger partial charge in [-0.15, -0.1) is 0 Å². The number of hydrogen-bond donors (Lipinski definition) is 2. The van der Waals surface area contributed by atoms with Crippen LogP contribution in [-0.4, -0.2) is 17.1 Å². The van der Waals surface area contributed by atoms with Crippen molar-refractivity contribution in [2.24, 2.45) is 0 Å². The lowest BCUT2D eigenvalue weighted by Crippen LogP contribution is -2.34. The molecule has 1 unspecified atom stereocenters. The Balaban J connectivity index is 2.00. The number of thiocarbonyl (C=S) groups is 1. The predicted molar refractivity (Wildman–Crippen MR) is 102 cm³/mol. The molecule has 0 heterocycles. The molecule has 126 valence electrons. The van der Waals surface area contributed by atoms with Crippen LogP contribution in [0.1, 0.15) is 30.6 Å². The summed E-state index contributed by atoms with van der Waals surface area (Å²) in [4.78, 5) is 12.3. The summed E-state index contributed by atoms with van der Waals surface area (Å²) in [6, 6.07) is 14.2. The second-order valence-corrected chi connectivity index (χ2v) is 6.07. The number of amides is 1. The molecule has 0 radical (unpaired) electrons. The van der Waals surface area contributed by atoms with Gasteiger partial charge in [0, 0.05) is 5.56 Å². The third kappa shape index (κ3) is 5.22. The summed E-state index contributed by atoms with van der Waals surface area (Å²) in [5, 5.41) is 6.24. The topological polar surface area (TPSA) is 50.4 Å². The van der Waals surface area contributed by atoms with Gasteiger partial charge >= 0.3 is 0 Å². The summed E-state index contributed by atoms with van der Waals surface area (Å²) < 4.78 is 5.72. The summed E-state index contributed by atoms with van der Waals surface area (Å²) in [6.45, 7) is 4.02. The highest BCUT2D eigenvalue weighted by Gasteiger charge is 2.11. The highest BCUT2D eigenvalue weighted by Crippen LogP contribution is 2.20. The minimum atomic E-state index is -0.311. The van der Waals surface area contributed by atoms with Gasteiger partial charge in [0.2, 0.25) is 0 Å². The van der Waals surface area contributed by atoms with E-state index in [0.717, 1.165) is 6.42 Å². The largest absolute Gasteiger partial charge is 0.491 e. The molecule has 0 aliphatic rings. The van der Waals surface area contributed by atoms with Crippen LogP contribution in [0.2, 0.25) is 5.02 Å². The summed E-state index contributed by atoms with van der Waals surface area (Å²) in [5.41, 5.74) is 1.11. The Bertz CT molecular complexity index is 736. The normalized spacial score (nSPS) is 11.5. The van der Waals surface area contributed by atoms with Gasteiger partial charge in [-0.1, -0.05) is 36.7 Å². The Kier molecular flexibility index (Phi) is 6.58. The summed E-state index contributed by atoms with van der Waals surface area (Å²) in [5.74, 6) is 0.344. The number of nitrogens with one attached hydrogen (secondary N) is 2. The van der Waals surface area contributed by atoms with Crippen LogP contribution in [-0.2, 0) is 0 Å². The molecule has 2 aromatic carbocycles. The SMILES string of the molecule is CCC(C)Oc1cccc(C(=O)NC(=S)Nc2ccccc2Cl)c1. The molecule has 0 aromatic heterocycles. The first-order valence-corrected chi connectivity index (χ1v) is 8.41. The third-order valence-corrected chi connectivity index (χ3v) is 3.89. The van der Waals surface area contributed by atoms with Crippen LogP contribution in [0, 0.1) is 0 Å². The number of benzene rings is 2. The molecule has 1 amide bonds. The fourth-order valence-electron chi connectivity index (χ4n) is 1.92. The Morgan fingerprint density at radius 2 is 2.00 bits per heavy atom. The van der Waals surface area contributed by atoms with Crippen molar-refractivity contribution in [2.75, 3.05) is 5.32 Å². The van der Waals surface area contributed by atoms with Gasteiger partial charge in [0.1, 0.15) is 5.75 Å². The smallest absolute Gasteiger partial charge is 0.257 e. The van der Waals surface area contributed by atoms with Crippen molar-refractivity contribution in [2.45, 2.75) is 26.4 Å². The van der Waals surface area contributed by atoms with Crippen molar-refractivity contribution < 1.29 is 9.53 Å². The number of carbonyl (C=O) groups is 1. The lowest BCUT2D eigenvalue weighted by molar-refractivity contribution is 0.0977. The van der Waals surface area contributed by atoms with E-state index in [9.17, 15) is 4.79 Å². The molecule has 2 rings (SSSR count). The molecule has 0 spiro atoms. The molecule has 6 heteroatoms. The lowest BCUT2D eigenvalue weighted by Gasteiger charge is -2.14. The maximum absolute atomic E-state index is 12.3. The zero-order chi connectivity index (χ0) is 17.5. The summed E-state index contributed by atoms with van der Waals surface area (Å²) in [7, 11) is 0. The zero-order valence-corrected chi connectivity index (χ0v) is 15.1. The van der Waals surface area contributed by atoms with Crippen molar-refractivity contribution in [3.05, 3.63) is 59.1 Å². The molecular formula is C18H19ClN2O2S. The number of ether oxygens (including phenoxy) is 1. The van der Waals surface area contributed by atoms with E-state index in [1.807, 2.05) is 32.0 Å². The van der Waals surface area contributed by atoms with Gasteiger partial charge in [0.05, 0.1) is 16.8 Å². The average Bonchev–Trinajstić information content (AvgIpc) is 2.57. The Hall–Kier alpha value is -2.11. The van der Waals surface area contributed by atoms with Gasteiger partial charge in [-0.3, -0.25) is 10.1 Å². The van der Waals surface area contributed by atoms with Crippen molar-refractivity contribution in [1.82, 2.24) is 5.32 Å². The number of carbonyl (C=O) groups excluding carboxylic acids is 1. The molecule has 1 atom stereocenters. The van der Waals surface area contributed by atoms with Crippen molar-refractivity contribution >= 4 is 40.5 Å². The number of para-hydroxylation sites is 1. The zero-order valence-electron chi connectivity index (χ0n) is 13.5. The predicted octanol–water partition coefficient (Wildman–Crippen LogP) is 4.64. The standard InChI is InChI=1S/C18H19ClN2O2S/c1-3-12(2)23-14-8-6-7-13(11-14)17(22)21-18(24)20-16-10-5-4-9-15(16)19/h4-12H,3H2,1-2H3,(H2,20,21,22,24). The molecule has 2 aromatic rings. The van der Waals surface area contributed by atoms with Crippen molar-refractivity contribution in [1.29, 1.82) is 0 Å². The van der Waals surface area contributed by atoms with Gasteiger partial charge in [-0.25, -0.2) is 0 Å². The van der Waals surface area contributed by atoms with Gasteiger partial charge in [0.25, 0.3) is 5.91 Å². The van der Waals surface area contributed by atoms with Gasteiger partial charge in [0.15, 0.2) is 5.11 Å². The van der Waals surface area contributed by atoms with Gasteiger partial charge < -0.3 is 10.1 Å². The van der Waals surface area contributed by atoms with E-state index in [1.54, 1.807) is 30.3 Å². The van der Waals surface area contributed by atoms with Crippen LogP contribution in [0.25, 0.3) is 0 Å². The molecule has 0 bridgehead atoms. The van der Waals surface area contributed by atoms with E-state index in [-0.39, 0.29) is 17.1 Å². The summed E-state index contributed by atoms with van der Waals surface area (Å²) in [6.07, 6.45) is 0.980. The van der Waals surface area contributed by atoms with E-state index in [4.69, 9.17) is 28.6 Å². The summed E-state index contributed by atoms with van der Waals surface area (Å²) >= 11 is 11.2. The van der Waals surface area contributed by atoms with Crippen LogP contribution >= 0.6 is 23.8 Å². The monoisotopic (exact) mass is 362 g/mol. The minimum absolute atomic E-state index is 0.0891. The molecule has 0 fully saturated rings. The molecule has 0 aliphatic carbocycles. The molecule has 24 heavy (non-hydrogen) atoms. The quantitative estimate of drug-likeness (QED) is 0.760. The van der Waals surface area contributed by atoms with E-state index in [1.165, 1.54) is 0 Å². The first-order valence-electron chi connectivity index (χ1n) is 7.63. The number of hydrogen-bond acceptors (Lipinski definition) is 3. The molecule has 2 N–H and O–H groups in total. The molecule has 0 saturated carbocycles. The van der Waals surface area contributed by atoms with E-state index in [0.29, 0.717) is 22.0 Å². The Morgan fingerprint density at radius 3 is 2.71 bits per heavy atom. The molecule has 4 nitrogen and oxygen atoms in total. The second-order valence-electron chi connectivity index (χ2n) is 5.25. The van der Waals surface area contributed by atoms with Crippen molar-refractivity contribution in [3.8, 4) is 5.75 Å². The second kappa shape index (κ2) is 8.66. The van der Waals surface area contributed by atoms with Gasteiger partial charge in [-0.2, -0.15) is 0 Å². The minimum Gasteiger partial charge on any atom is -0.491 e. The number of rotatable bonds is 5. The fraction of sp³-hybridized carbons (Fsp3) is 0.222. The molecule has 0 aliphatic heterocycles. The van der Waals surface area contributed by atoms with Crippen LogP contribution < -0.4 is 15.4 Å². The third-order valence-electron chi connectivity index (χ3n) is 3.36. The maximum atomic E-state index is 12.3. The average molecular weight is 363 g/mol. The number of anilines is 1. The van der Waals surface area contributed by atoms with Crippen LogP contribution in [0.5, 0.6) is 5.75 Å². The van der Waals surface area contributed by atoms with E-state index < -0.39 is 0 Å². The molecule has 0 saturated heterocycles. The lowest BCUT2D eigenvalue weighted by atomic mass is 10.2. The first-order chi connectivity index (χ1) is 11.5.